The van der Waals surface area contributed by atoms with E-state index in [0.29, 0.717) is 23.3 Å². The van der Waals surface area contributed by atoms with Crippen LogP contribution in [0.4, 0.5) is 5.95 Å². The number of carbonyl (C=O) groups is 1. The van der Waals surface area contributed by atoms with Crippen LogP contribution < -0.4 is 5.32 Å². The largest absolute Gasteiger partial charge is 0.349 e. The minimum atomic E-state index is -0.312. The number of anilines is 1. The average Bonchev–Trinajstić information content (AvgIpc) is 3.42. The molecule has 0 unspecified atom stereocenters. The maximum atomic E-state index is 12.8. The van der Waals surface area contributed by atoms with E-state index >= 15 is 0 Å². The molecule has 7 heteroatoms. The molecule has 2 aromatic carbocycles. The molecule has 0 aliphatic carbocycles. The van der Waals surface area contributed by atoms with Crippen LogP contribution in [0.3, 0.4) is 0 Å². The summed E-state index contributed by atoms with van der Waals surface area (Å²) in [7, 11) is 0. The van der Waals surface area contributed by atoms with Gasteiger partial charge in [-0.05, 0) is 29.2 Å². The molecular formula is C22H17ClN4OS. The highest BCUT2D eigenvalue weighted by Crippen LogP contribution is 2.20. The van der Waals surface area contributed by atoms with Gasteiger partial charge in [0.1, 0.15) is 0 Å². The van der Waals surface area contributed by atoms with Crippen LogP contribution in [-0.2, 0) is 6.54 Å². The van der Waals surface area contributed by atoms with Gasteiger partial charge in [0.25, 0.3) is 5.91 Å². The lowest BCUT2D eigenvalue weighted by Crippen LogP contribution is -2.14. The third-order valence-electron chi connectivity index (χ3n) is 4.16. The first-order valence-corrected chi connectivity index (χ1v) is 10.2. The van der Waals surface area contributed by atoms with Crippen molar-refractivity contribution in [3.8, 4) is 11.4 Å². The number of benzene rings is 2. The Balaban J connectivity index is 1.63. The summed E-state index contributed by atoms with van der Waals surface area (Å²) in [5.74, 6) is 0.568. The molecule has 29 heavy (non-hydrogen) atoms. The van der Waals surface area contributed by atoms with Gasteiger partial charge in [0, 0.05) is 21.5 Å². The quantitative estimate of drug-likeness (QED) is 0.411. The van der Waals surface area contributed by atoms with Gasteiger partial charge in [0.15, 0.2) is 5.82 Å². The van der Waals surface area contributed by atoms with Crippen molar-refractivity contribution in [1.29, 1.82) is 0 Å². The summed E-state index contributed by atoms with van der Waals surface area (Å²) >= 11 is 7.80. The Morgan fingerprint density at radius 2 is 1.86 bits per heavy atom. The predicted molar refractivity (Wildman–Crippen MR) is 118 cm³/mol. The third-order valence-corrected chi connectivity index (χ3v) is 5.38. The van der Waals surface area contributed by atoms with Gasteiger partial charge >= 0.3 is 0 Å². The summed E-state index contributed by atoms with van der Waals surface area (Å²) in [6, 6.07) is 20.9. The summed E-state index contributed by atoms with van der Waals surface area (Å²) in [4.78, 5) is 18.5. The molecule has 0 spiro atoms. The first-order chi connectivity index (χ1) is 14.2. The van der Waals surface area contributed by atoms with E-state index in [2.05, 4.69) is 15.4 Å². The highest BCUT2D eigenvalue weighted by molar-refractivity contribution is 7.09. The third kappa shape index (κ3) is 4.62. The Kier molecular flexibility index (Phi) is 5.84. The molecule has 4 rings (SSSR count). The zero-order chi connectivity index (χ0) is 20.1. The highest BCUT2D eigenvalue weighted by atomic mass is 35.5. The van der Waals surface area contributed by atoms with E-state index in [-0.39, 0.29) is 5.91 Å². The predicted octanol–water partition coefficient (Wildman–Crippen LogP) is 5.63. The molecule has 2 heterocycles. The van der Waals surface area contributed by atoms with Gasteiger partial charge in [-0.25, -0.2) is 0 Å². The minimum Gasteiger partial charge on any atom is -0.349 e. The van der Waals surface area contributed by atoms with Gasteiger partial charge in [0.05, 0.1) is 6.54 Å². The lowest BCUT2D eigenvalue weighted by atomic mass is 10.2. The van der Waals surface area contributed by atoms with Crippen molar-refractivity contribution in [2.75, 3.05) is 5.32 Å². The van der Waals surface area contributed by atoms with Gasteiger partial charge in [-0.3, -0.25) is 4.79 Å². The van der Waals surface area contributed by atoms with Crippen molar-refractivity contribution >= 4 is 40.9 Å². The van der Waals surface area contributed by atoms with Crippen molar-refractivity contribution < 1.29 is 4.79 Å². The molecule has 144 valence electrons. The van der Waals surface area contributed by atoms with Crippen LogP contribution >= 0.6 is 22.9 Å². The van der Waals surface area contributed by atoms with E-state index in [1.165, 1.54) is 10.8 Å². The van der Waals surface area contributed by atoms with Crippen LogP contribution in [-0.4, -0.2) is 20.7 Å². The lowest BCUT2D eigenvalue weighted by molar-refractivity contribution is 0.0957. The number of carbonyl (C=O) groups excluding carboxylic acids is 1. The fourth-order valence-corrected chi connectivity index (χ4v) is 3.55. The van der Waals surface area contributed by atoms with Gasteiger partial charge in [-0.1, -0.05) is 66.2 Å². The second-order valence-corrected chi connectivity index (χ2v) is 7.60. The fourth-order valence-electron chi connectivity index (χ4n) is 2.71. The number of nitrogens with one attached hydrogen (secondary N) is 1. The number of rotatable bonds is 6. The van der Waals surface area contributed by atoms with Crippen LogP contribution in [0.2, 0.25) is 5.02 Å². The molecule has 0 saturated heterocycles. The molecule has 0 aliphatic rings. The Morgan fingerprint density at radius 1 is 1.07 bits per heavy atom. The molecule has 0 bridgehead atoms. The minimum absolute atomic E-state index is 0.312. The van der Waals surface area contributed by atoms with E-state index in [4.69, 9.17) is 11.6 Å². The molecule has 5 nitrogen and oxygen atoms in total. The number of aromatic nitrogens is 3. The van der Waals surface area contributed by atoms with Crippen molar-refractivity contribution in [3.05, 3.63) is 93.6 Å². The van der Waals surface area contributed by atoms with E-state index in [1.54, 1.807) is 23.5 Å². The number of hydrogen-bond acceptors (Lipinski definition) is 5. The number of nitrogens with zero attached hydrogens (tertiary/aromatic N) is 3. The van der Waals surface area contributed by atoms with Crippen molar-refractivity contribution in [2.24, 2.45) is 0 Å². The smallest absolute Gasteiger partial charge is 0.274 e. The SMILES string of the molecule is O=C(C=Cc1ccccc1Cl)n1nc(-c2ccccc2)nc1NCc1cccs1. The number of thiophene rings is 1. The monoisotopic (exact) mass is 420 g/mol. The molecule has 0 amide bonds. The van der Waals surface area contributed by atoms with Gasteiger partial charge in [-0.15, -0.1) is 16.4 Å². The zero-order valence-corrected chi connectivity index (χ0v) is 16.9. The van der Waals surface area contributed by atoms with E-state index in [9.17, 15) is 4.79 Å². The van der Waals surface area contributed by atoms with Crippen LogP contribution in [0.25, 0.3) is 17.5 Å². The first-order valence-electron chi connectivity index (χ1n) is 8.96. The Morgan fingerprint density at radius 3 is 2.62 bits per heavy atom. The summed E-state index contributed by atoms with van der Waals surface area (Å²) in [6.07, 6.45) is 3.12. The second kappa shape index (κ2) is 8.86. The van der Waals surface area contributed by atoms with Gasteiger partial charge < -0.3 is 5.32 Å². The molecule has 0 atom stereocenters. The van der Waals surface area contributed by atoms with Crippen LogP contribution in [0.15, 0.2) is 78.2 Å². The molecule has 0 aliphatic heterocycles. The van der Waals surface area contributed by atoms with Gasteiger partial charge in [0.2, 0.25) is 5.95 Å². The molecule has 0 saturated carbocycles. The zero-order valence-electron chi connectivity index (χ0n) is 15.3. The standard InChI is InChI=1S/C22H17ClN4OS/c23-19-11-5-4-7-16(19)12-13-20(28)27-22(24-15-18-10-6-14-29-18)25-21(26-27)17-8-2-1-3-9-17/h1-14H,15H2,(H,24,25,26). The summed E-state index contributed by atoms with van der Waals surface area (Å²) in [6.45, 7) is 0.562. The van der Waals surface area contributed by atoms with Crippen molar-refractivity contribution in [3.63, 3.8) is 0 Å². The summed E-state index contributed by atoms with van der Waals surface area (Å²) < 4.78 is 1.28. The Bertz CT molecular complexity index is 1140. The van der Waals surface area contributed by atoms with Crippen LogP contribution in [0, 0.1) is 0 Å². The average molecular weight is 421 g/mol. The highest BCUT2D eigenvalue weighted by Gasteiger charge is 2.15. The van der Waals surface area contributed by atoms with E-state index in [1.807, 2.05) is 66.0 Å². The Hall–Kier alpha value is -3.22. The fraction of sp³-hybridized carbons (Fsp3) is 0.0455. The van der Waals surface area contributed by atoms with E-state index in [0.717, 1.165) is 16.0 Å². The number of allylic oxidation sites excluding steroid dienone is 1. The van der Waals surface area contributed by atoms with E-state index < -0.39 is 0 Å². The number of halogens is 1. The first kappa shape index (κ1) is 19.1. The topological polar surface area (TPSA) is 59.8 Å². The summed E-state index contributed by atoms with van der Waals surface area (Å²) in [5, 5.41) is 10.2. The van der Waals surface area contributed by atoms with Crippen molar-refractivity contribution in [2.45, 2.75) is 6.54 Å². The normalized spacial score (nSPS) is 11.1. The van der Waals surface area contributed by atoms with Crippen LogP contribution in [0.5, 0.6) is 0 Å². The maximum absolute atomic E-state index is 12.8. The maximum Gasteiger partial charge on any atom is 0.274 e. The van der Waals surface area contributed by atoms with Crippen molar-refractivity contribution in [1.82, 2.24) is 14.8 Å². The number of hydrogen-bond donors (Lipinski definition) is 1. The van der Waals surface area contributed by atoms with Crippen LogP contribution in [0.1, 0.15) is 15.2 Å². The molecular weight excluding hydrogens is 404 g/mol. The molecule has 2 aromatic heterocycles. The Labute approximate surface area is 177 Å². The lowest BCUT2D eigenvalue weighted by Gasteiger charge is -2.04. The molecule has 0 radical (unpaired) electrons. The summed E-state index contributed by atoms with van der Waals surface area (Å²) in [5.41, 5.74) is 1.60. The van der Waals surface area contributed by atoms with Gasteiger partial charge in [-0.2, -0.15) is 9.67 Å². The second-order valence-electron chi connectivity index (χ2n) is 6.16. The molecule has 0 fully saturated rings. The molecule has 1 N–H and O–H groups in total. The molecule has 4 aromatic rings.